The molecule has 0 fully saturated rings. The summed E-state index contributed by atoms with van der Waals surface area (Å²) in [6, 6.07) is 11.3. The molecule has 0 saturated carbocycles. The summed E-state index contributed by atoms with van der Waals surface area (Å²) in [5.74, 6) is 0.936. The number of alkyl halides is 3. The van der Waals surface area contributed by atoms with Gasteiger partial charge in [0.15, 0.2) is 0 Å². The number of hydrogen-bond acceptors (Lipinski definition) is 3. The largest absolute Gasteiger partial charge is 0.497 e. The van der Waals surface area contributed by atoms with Crippen molar-refractivity contribution in [2.24, 2.45) is 0 Å². The molecular weight excluding hydrogens is 309 g/mol. The number of hydrogen-bond donors (Lipinski definition) is 0. The summed E-state index contributed by atoms with van der Waals surface area (Å²) in [6.07, 6.45) is -4.65. The fourth-order valence-electron chi connectivity index (χ4n) is 2.50. The predicted octanol–water partition coefficient (Wildman–Crippen LogP) is 4.16. The van der Waals surface area contributed by atoms with Crippen molar-refractivity contribution in [3.8, 4) is 11.5 Å². The maximum Gasteiger partial charge on any atom is 0.425 e. The van der Waals surface area contributed by atoms with Gasteiger partial charge < -0.3 is 14.2 Å². The van der Waals surface area contributed by atoms with Crippen LogP contribution in [0.2, 0.25) is 0 Å². The van der Waals surface area contributed by atoms with Crippen LogP contribution in [0, 0.1) is 0 Å². The van der Waals surface area contributed by atoms with Crippen LogP contribution in [-0.4, -0.2) is 27.5 Å². The molecule has 23 heavy (non-hydrogen) atoms. The lowest BCUT2D eigenvalue weighted by Gasteiger charge is -2.35. The van der Waals surface area contributed by atoms with Gasteiger partial charge in [0, 0.05) is 7.11 Å². The van der Waals surface area contributed by atoms with Crippen LogP contribution in [0.15, 0.2) is 48.5 Å². The second-order valence-electron chi connectivity index (χ2n) is 4.84. The Balaban J connectivity index is 2.63. The van der Waals surface area contributed by atoms with Crippen LogP contribution in [0.1, 0.15) is 11.1 Å². The van der Waals surface area contributed by atoms with Gasteiger partial charge in [0.1, 0.15) is 11.5 Å². The average Bonchev–Trinajstić information content (AvgIpc) is 2.56. The standard InChI is InChI=1S/C17H17F3O3/c1-21-14-8-4-12(5-9-14)16(23-3,17(18,19)20)13-6-10-15(22-2)11-7-13/h4-11H,1-3H3. The molecule has 0 N–H and O–H groups in total. The Kier molecular flexibility index (Phi) is 4.85. The molecular formula is C17H17F3O3. The predicted molar refractivity (Wildman–Crippen MR) is 79.8 cm³/mol. The van der Waals surface area contributed by atoms with Gasteiger partial charge in [0.25, 0.3) is 0 Å². The van der Waals surface area contributed by atoms with Crippen LogP contribution in [-0.2, 0) is 10.3 Å². The van der Waals surface area contributed by atoms with Crippen molar-refractivity contribution < 1.29 is 27.4 Å². The van der Waals surface area contributed by atoms with Gasteiger partial charge in [-0.3, -0.25) is 0 Å². The summed E-state index contributed by atoms with van der Waals surface area (Å²) in [7, 11) is 3.94. The van der Waals surface area contributed by atoms with Crippen molar-refractivity contribution in [3.05, 3.63) is 59.7 Å². The smallest absolute Gasteiger partial charge is 0.425 e. The van der Waals surface area contributed by atoms with Crippen molar-refractivity contribution in [3.63, 3.8) is 0 Å². The van der Waals surface area contributed by atoms with Gasteiger partial charge in [-0.1, -0.05) is 24.3 Å². The molecule has 0 aliphatic heterocycles. The number of methoxy groups -OCH3 is 3. The minimum atomic E-state index is -4.65. The second kappa shape index (κ2) is 6.50. The summed E-state index contributed by atoms with van der Waals surface area (Å²) in [5, 5.41) is 0. The maximum atomic E-state index is 13.9. The van der Waals surface area contributed by atoms with Crippen LogP contribution in [0.3, 0.4) is 0 Å². The van der Waals surface area contributed by atoms with E-state index in [2.05, 4.69) is 0 Å². The molecule has 0 aliphatic carbocycles. The SMILES string of the molecule is COc1ccc(C(OC)(c2ccc(OC)cc2)C(F)(F)F)cc1. The number of rotatable bonds is 5. The molecule has 124 valence electrons. The van der Waals surface area contributed by atoms with E-state index < -0.39 is 11.8 Å². The normalized spacial score (nSPS) is 12.1. The first-order valence-electron chi connectivity index (χ1n) is 6.80. The third-order valence-corrected chi connectivity index (χ3v) is 3.70. The van der Waals surface area contributed by atoms with Crippen molar-refractivity contribution in [2.45, 2.75) is 11.8 Å². The topological polar surface area (TPSA) is 27.7 Å². The molecule has 0 unspecified atom stereocenters. The van der Waals surface area contributed by atoms with Crippen LogP contribution in [0.4, 0.5) is 13.2 Å². The van der Waals surface area contributed by atoms with E-state index in [1.165, 1.54) is 62.8 Å². The zero-order valence-corrected chi connectivity index (χ0v) is 13.0. The molecule has 2 aromatic rings. The molecule has 0 aliphatic rings. The lowest BCUT2D eigenvalue weighted by atomic mass is 9.85. The van der Waals surface area contributed by atoms with Crippen molar-refractivity contribution in [2.75, 3.05) is 21.3 Å². The fraction of sp³-hybridized carbons (Fsp3) is 0.294. The van der Waals surface area contributed by atoms with Crippen LogP contribution >= 0.6 is 0 Å². The minimum Gasteiger partial charge on any atom is -0.497 e. The number of halogens is 3. The average molecular weight is 326 g/mol. The second-order valence-corrected chi connectivity index (χ2v) is 4.84. The molecule has 0 radical (unpaired) electrons. The van der Waals surface area contributed by atoms with E-state index in [9.17, 15) is 13.2 Å². The van der Waals surface area contributed by atoms with Crippen molar-refractivity contribution >= 4 is 0 Å². The summed E-state index contributed by atoms with van der Waals surface area (Å²) in [5.41, 5.74) is -2.62. The molecule has 2 rings (SSSR count). The molecule has 0 bridgehead atoms. The molecule has 0 heterocycles. The molecule has 0 atom stereocenters. The van der Waals surface area contributed by atoms with E-state index >= 15 is 0 Å². The van der Waals surface area contributed by atoms with E-state index in [1.54, 1.807) is 0 Å². The minimum absolute atomic E-state index is 0.0292. The van der Waals surface area contributed by atoms with Gasteiger partial charge in [0.05, 0.1) is 14.2 Å². The van der Waals surface area contributed by atoms with Gasteiger partial charge in [-0.15, -0.1) is 0 Å². The molecule has 2 aromatic carbocycles. The third-order valence-electron chi connectivity index (χ3n) is 3.70. The van der Waals surface area contributed by atoms with E-state index in [0.29, 0.717) is 11.5 Å². The summed E-state index contributed by atoms with van der Waals surface area (Å²) >= 11 is 0. The van der Waals surface area contributed by atoms with Gasteiger partial charge in [-0.2, -0.15) is 13.2 Å². The summed E-state index contributed by atoms with van der Waals surface area (Å²) in [6.45, 7) is 0. The Hall–Kier alpha value is -2.21. The van der Waals surface area contributed by atoms with Gasteiger partial charge in [-0.05, 0) is 35.4 Å². The number of benzene rings is 2. The first kappa shape index (κ1) is 17.1. The lowest BCUT2D eigenvalue weighted by molar-refractivity contribution is -0.258. The quantitative estimate of drug-likeness (QED) is 0.826. The summed E-state index contributed by atoms with van der Waals surface area (Å²) in [4.78, 5) is 0. The van der Waals surface area contributed by atoms with Crippen LogP contribution < -0.4 is 9.47 Å². The zero-order chi connectivity index (χ0) is 17.1. The number of ether oxygens (including phenoxy) is 3. The Morgan fingerprint density at radius 2 is 1.00 bits per heavy atom. The van der Waals surface area contributed by atoms with Crippen molar-refractivity contribution in [1.82, 2.24) is 0 Å². The molecule has 0 amide bonds. The van der Waals surface area contributed by atoms with E-state index in [1.807, 2.05) is 0 Å². The van der Waals surface area contributed by atoms with Gasteiger partial charge in [0.2, 0.25) is 5.60 Å². The third kappa shape index (κ3) is 2.99. The Morgan fingerprint density at radius 3 is 1.22 bits per heavy atom. The first-order valence-corrected chi connectivity index (χ1v) is 6.80. The first-order chi connectivity index (χ1) is 10.9. The molecule has 0 aromatic heterocycles. The van der Waals surface area contributed by atoms with Crippen molar-refractivity contribution in [1.29, 1.82) is 0 Å². The van der Waals surface area contributed by atoms with Gasteiger partial charge >= 0.3 is 6.18 Å². The van der Waals surface area contributed by atoms with Crippen LogP contribution in [0.5, 0.6) is 11.5 Å². The summed E-state index contributed by atoms with van der Waals surface area (Å²) < 4.78 is 56.8. The zero-order valence-electron chi connectivity index (χ0n) is 13.0. The molecule has 3 nitrogen and oxygen atoms in total. The highest BCUT2D eigenvalue weighted by Gasteiger charge is 2.58. The highest BCUT2D eigenvalue weighted by molar-refractivity contribution is 5.42. The lowest BCUT2D eigenvalue weighted by Crippen LogP contribution is -2.45. The monoisotopic (exact) mass is 326 g/mol. The molecule has 6 heteroatoms. The maximum absolute atomic E-state index is 13.9. The Morgan fingerprint density at radius 1 is 0.652 bits per heavy atom. The van der Waals surface area contributed by atoms with E-state index in [4.69, 9.17) is 14.2 Å². The van der Waals surface area contributed by atoms with E-state index in [-0.39, 0.29) is 11.1 Å². The highest BCUT2D eigenvalue weighted by atomic mass is 19.4. The van der Waals surface area contributed by atoms with E-state index in [0.717, 1.165) is 7.11 Å². The Bertz CT molecular complexity index is 586. The molecule has 0 spiro atoms. The van der Waals surface area contributed by atoms with Gasteiger partial charge in [-0.25, -0.2) is 0 Å². The molecule has 0 saturated heterocycles. The highest BCUT2D eigenvalue weighted by Crippen LogP contribution is 2.47. The van der Waals surface area contributed by atoms with Crippen LogP contribution in [0.25, 0.3) is 0 Å². The Labute approximate surface area is 132 Å². The fourth-order valence-corrected chi connectivity index (χ4v) is 2.50.